The number of rotatable bonds is 7. The molecule has 4 rings (SSSR count). The Morgan fingerprint density at radius 2 is 1.72 bits per heavy atom. The fourth-order valence-corrected chi connectivity index (χ4v) is 7.39. The minimum absolute atomic E-state index is 0.0936. The van der Waals surface area contributed by atoms with Gasteiger partial charge in [-0.15, -0.1) is 11.3 Å². The molecule has 2 saturated heterocycles. The number of benzene rings is 1. The summed E-state index contributed by atoms with van der Waals surface area (Å²) in [7, 11) is -3.39. The summed E-state index contributed by atoms with van der Waals surface area (Å²) >= 11 is 1.26. The predicted molar refractivity (Wildman–Crippen MR) is 128 cm³/mol. The Balaban J connectivity index is 1.21. The number of nitrogens with zero attached hydrogens (tertiary/aromatic N) is 2. The first-order chi connectivity index (χ1) is 15.4. The Labute approximate surface area is 195 Å². The lowest BCUT2D eigenvalue weighted by Crippen LogP contribution is -2.48. The molecule has 1 N–H and O–H groups in total. The summed E-state index contributed by atoms with van der Waals surface area (Å²) in [6.45, 7) is 5.92. The van der Waals surface area contributed by atoms with Crippen LogP contribution < -0.4 is 5.32 Å². The first-order valence-corrected chi connectivity index (χ1v) is 13.9. The molecule has 2 aliphatic rings. The van der Waals surface area contributed by atoms with E-state index in [0.717, 1.165) is 45.3 Å². The molecule has 174 valence electrons. The molecule has 1 aromatic carbocycles. The Morgan fingerprint density at radius 3 is 2.34 bits per heavy atom. The molecule has 1 atom stereocenters. The highest BCUT2D eigenvalue weighted by molar-refractivity contribution is 7.91. The molecule has 0 bridgehead atoms. The highest BCUT2D eigenvalue weighted by Crippen LogP contribution is 2.30. The fourth-order valence-electron chi connectivity index (χ4n) is 4.78. The third-order valence-corrected chi connectivity index (χ3v) is 10.2. The van der Waals surface area contributed by atoms with Gasteiger partial charge in [0.15, 0.2) is 0 Å². The van der Waals surface area contributed by atoms with Gasteiger partial charge >= 0.3 is 0 Å². The second-order valence-electron chi connectivity index (χ2n) is 9.01. The number of piperidine rings is 2. The monoisotopic (exact) mass is 475 g/mol. The van der Waals surface area contributed by atoms with Crippen LogP contribution in [0.15, 0.2) is 52.1 Å². The Morgan fingerprint density at radius 1 is 1.03 bits per heavy atom. The molecule has 0 radical (unpaired) electrons. The summed E-state index contributed by atoms with van der Waals surface area (Å²) in [4.78, 5) is 15.3. The van der Waals surface area contributed by atoms with Crippen molar-refractivity contribution in [3.05, 3.63) is 53.4 Å². The number of amides is 1. The van der Waals surface area contributed by atoms with E-state index in [4.69, 9.17) is 0 Å². The van der Waals surface area contributed by atoms with Crippen LogP contribution in [-0.2, 0) is 21.4 Å². The standard InChI is InChI=1S/C24H33N3O3S2/c1-19(21-9-15-27(16-10-21)32(29,30)23-8-5-17-31-23)24(28)25-22-11-13-26(14-12-22)18-20-6-3-2-4-7-20/h2-8,17,19,21-22H,9-16,18H2,1H3,(H,25,28). The van der Waals surface area contributed by atoms with Crippen LogP contribution in [0.3, 0.4) is 0 Å². The zero-order valence-corrected chi connectivity index (χ0v) is 20.3. The van der Waals surface area contributed by atoms with E-state index in [0.29, 0.717) is 17.3 Å². The van der Waals surface area contributed by atoms with Gasteiger partial charge in [0.2, 0.25) is 5.91 Å². The molecule has 0 saturated carbocycles. The van der Waals surface area contributed by atoms with E-state index in [1.165, 1.54) is 16.9 Å². The fraction of sp³-hybridized carbons (Fsp3) is 0.542. The molecule has 2 aliphatic heterocycles. The molecule has 6 nitrogen and oxygen atoms in total. The SMILES string of the molecule is CC(C(=O)NC1CCN(Cc2ccccc2)CC1)C1CCN(S(=O)(=O)c2cccs2)CC1. The molecule has 1 unspecified atom stereocenters. The van der Waals surface area contributed by atoms with Crippen LogP contribution >= 0.6 is 11.3 Å². The third-order valence-electron chi connectivity index (χ3n) is 6.89. The predicted octanol–water partition coefficient (Wildman–Crippen LogP) is 3.57. The normalized spacial score (nSPS) is 20.8. The molecule has 1 amide bonds. The third kappa shape index (κ3) is 5.60. The molecule has 2 aromatic rings. The van der Waals surface area contributed by atoms with E-state index in [-0.39, 0.29) is 23.8 Å². The van der Waals surface area contributed by atoms with Crippen LogP contribution in [0.2, 0.25) is 0 Å². The van der Waals surface area contributed by atoms with Crippen LogP contribution in [0.5, 0.6) is 0 Å². The minimum atomic E-state index is -3.39. The average Bonchev–Trinajstić information content (AvgIpc) is 3.37. The number of thiophene rings is 1. The van der Waals surface area contributed by atoms with Crippen LogP contribution in [0.4, 0.5) is 0 Å². The van der Waals surface area contributed by atoms with Gasteiger partial charge in [0, 0.05) is 44.7 Å². The lowest BCUT2D eigenvalue weighted by Gasteiger charge is -2.35. The van der Waals surface area contributed by atoms with Gasteiger partial charge in [0.25, 0.3) is 10.0 Å². The minimum Gasteiger partial charge on any atom is -0.353 e. The van der Waals surface area contributed by atoms with Crippen molar-refractivity contribution in [3.8, 4) is 0 Å². The lowest BCUT2D eigenvalue weighted by molar-refractivity contribution is -0.127. The first kappa shape index (κ1) is 23.4. The molecular weight excluding hydrogens is 442 g/mol. The number of likely N-dealkylation sites (tertiary alicyclic amines) is 1. The van der Waals surface area contributed by atoms with E-state index < -0.39 is 10.0 Å². The van der Waals surface area contributed by atoms with Crippen molar-refractivity contribution in [2.45, 2.75) is 49.4 Å². The number of sulfonamides is 1. The second-order valence-corrected chi connectivity index (χ2v) is 12.1. The Kier molecular flexibility index (Phi) is 7.66. The number of carbonyl (C=O) groups is 1. The van der Waals surface area contributed by atoms with Crippen molar-refractivity contribution in [2.24, 2.45) is 11.8 Å². The van der Waals surface area contributed by atoms with Crippen molar-refractivity contribution in [1.82, 2.24) is 14.5 Å². The van der Waals surface area contributed by atoms with E-state index >= 15 is 0 Å². The summed E-state index contributed by atoms with van der Waals surface area (Å²) in [5.74, 6) is 0.248. The van der Waals surface area contributed by atoms with Crippen molar-refractivity contribution < 1.29 is 13.2 Å². The van der Waals surface area contributed by atoms with Gasteiger partial charge < -0.3 is 5.32 Å². The van der Waals surface area contributed by atoms with E-state index in [1.807, 2.05) is 13.0 Å². The van der Waals surface area contributed by atoms with Gasteiger partial charge in [0.1, 0.15) is 4.21 Å². The summed E-state index contributed by atoms with van der Waals surface area (Å²) < 4.78 is 27.4. The maximum Gasteiger partial charge on any atom is 0.252 e. The van der Waals surface area contributed by atoms with E-state index in [1.54, 1.807) is 21.8 Å². The van der Waals surface area contributed by atoms with Gasteiger partial charge in [-0.3, -0.25) is 9.69 Å². The summed E-state index contributed by atoms with van der Waals surface area (Å²) in [5.41, 5.74) is 1.33. The molecule has 0 aliphatic carbocycles. The quantitative estimate of drug-likeness (QED) is 0.665. The van der Waals surface area contributed by atoms with Crippen molar-refractivity contribution in [3.63, 3.8) is 0 Å². The zero-order valence-electron chi connectivity index (χ0n) is 18.7. The van der Waals surface area contributed by atoms with Gasteiger partial charge in [-0.25, -0.2) is 8.42 Å². The molecule has 1 aromatic heterocycles. The smallest absolute Gasteiger partial charge is 0.252 e. The van der Waals surface area contributed by atoms with E-state index in [2.05, 4.69) is 34.5 Å². The maximum atomic E-state index is 12.9. The molecule has 3 heterocycles. The van der Waals surface area contributed by atoms with Crippen LogP contribution in [-0.4, -0.2) is 55.8 Å². The van der Waals surface area contributed by atoms with Gasteiger partial charge in [0.05, 0.1) is 0 Å². The van der Waals surface area contributed by atoms with Crippen molar-refractivity contribution >= 4 is 27.3 Å². The summed E-state index contributed by atoms with van der Waals surface area (Å²) in [6.07, 6.45) is 3.41. The molecule has 32 heavy (non-hydrogen) atoms. The number of hydrogen-bond donors (Lipinski definition) is 1. The largest absolute Gasteiger partial charge is 0.353 e. The summed E-state index contributed by atoms with van der Waals surface area (Å²) in [6, 6.07) is 14.2. The first-order valence-electron chi connectivity index (χ1n) is 11.5. The molecule has 2 fully saturated rings. The van der Waals surface area contributed by atoms with E-state index in [9.17, 15) is 13.2 Å². The highest BCUT2D eigenvalue weighted by atomic mass is 32.2. The number of nitrogens with one attached hydrogen (secondary N) is 1. The molecular formula is C24H33N3O3S2. The second kappa shape index (κ2) is 10.5. The Hall–Kier alpha value is -1.74. The molecule has 0 spiro atoms. The maximum absolute atomic E-state index is 12.9. The van der Waals surface area contributed by atoms with Crippen molar-refractivity contribution in [2.75, 3.05) is 26.2 Å². The average molecular weight is 476 g/mol. The number of hydrogen-bond acceptors (Lipinski definition) is 5. The van der Waals surface area contributed by atoms with Crippen LogP contribution in [0.25, 0.3) is 0 Å². The molecule has 8 heteroatoms. The summed E-state index contributed by atoms with van der Waals surface area (Å²) in [5, 5.41) is 5.06. The topological polar surface area (TPSA) is 69.7 Å². The van der Waals surface area contributed by atoms with Crippen LogP contribution in [0.1, 0.15) is 38.2 Å². The Bertz CT molecular complexity index is 963. The van der Waals surface area contributed by atoms with Crippen LogP contribution in [0, 0.1) is 11.8 Å². The van der Waals surface area contributed by atoms with Gasteiger partial charge in [-0.1, -0.05) is 43.3 Å². The number of carbonyl (C=O) groups excluding carboxylic acids is 1. The van der Waals surface area contributed by atoms with Gasteiger partial charge in [-0.2, -0.15) is 4.31 Å². The zero-order chi connectivity index (χ0) is 22.6. The lowest BCUT2D eigenvalue weighted by atomic mass is 9.85. The van der Waals surface area contributed by atoms with Gasteiger partial charge in [-0.05, 0) is 48.6 Å². The van der Waals surface area contributed by atoms with Crippen molar-refractivity contribution in [1.29, 1.82) is 0 Å². The highest BCUT2D eigenvalue weighted by Gasteiger charge is 2.34.